The fraction of sp³-hybridized carbons (Fsp3) is 0.389. The number of nitrogens with zero attached hydrogens (tertiary/aromatic N) is 1. The van der Waals surface area contributed by atoms with Crippen LogP contribution in [0.25, 0.3) is 0 Å². The number of amides is 2. The van der Waals surface area contributed by atoms with Gasteiger partial charge in [0.25, 0.3) is 0 Å². The van der Waals surface area contributed by atoms with Crippen LogP contribution in [0, 0.1) is 5.92 Å². The van der Waals surface area contributed by atoms with Crippen LogP contribution >= 0.6 is 0 Å². The van der Waals surface area contributed by atoms with Crippen molar-refractivity contribution >= 4 is 11.8 Å². The van der Waals surface area contributed by atoms with E-state index in [4.69, 9.17) is 18.9 Å². The first kappa shape index (κ1) is 31.4. The van der Waals surface area contributed by atoms with E-state index in [1.54, 1.807) is 68.3 Å². The molecule has 2 bridgehead atoms. The lowest BCUT2D eigenvalue weighted by molar-refractivity contribution is -0.167. The third kappa shape index (κ3) is 4.62. The van der Waals surface area contributed by atoms with Gasteiger partial charge in [-0.15, -0.1) is 0 Å². The van der Waals surface area contributed by atoms with Crippen LogP contribution in [0.5, 0.6) is 23.0 Å². The summed E-state index contributed by atoms with van der Waals surface area (Å²) >= 11 is 0. The van der Waals surface area contributed by atoms with Gasteiger partial charge in [-0.3, -0.25) is 9.59 Å². The van der Waals surface area contributed by atoms with Crippen molar-refractivity contribution in [1.29, 1.82) is 0 Å². The number of likely N-dealkylation sites (tertiary alicyclic amines) is 1. The average Bonchev–Trinajstić information content (AvgIpc) is 3.59. The Balaban J connectivity index is 1.61. The average molecular weight is 629 g/mol. The van der Waals surface area contributed by atoms with Crippen molar-refractivity contribution in [3.05, 3.63) is 95.1 Å². The summed E-state index contributed by atoms with van der Waals surface area (Å²) in [5.41, 5.74) is -1.88. The number of rotatable bonds is 8. The molecule has 2 amide bonds. The standard InChI is InChI=1S/C36H40N2O8/c1-6-21(2)32(39)37-28-13-10-18-38(28)33(40)31-29(22-11-8-7-9-12-22)36(23-14-16-24(43-3)17-15-23)34(41)35(31,42)30-26(45-5)19-25(44-4)20-27(30)46-36/h6-9,11-12,14-17,19-20,28-29,31,34,41-42H,10,13,18H2,1-5H3,(H,37,39)/b21-6-/t28-,29+,31-,34-,35-,36-/m1/s1. The number of methoxy groups -OCH3 is 3. The molecule has 6 rings (SSSR count). The number of allylic oxidation sites excluding steroid dienone is 1. The van der Waals surface area contributed by atoms with Gasteiger partial charge in [-0.2, -0.15) is 0 Å². The SMILES string of the molecule is C/C=C(/C)C(=O)N[C@H]1CCCN1C(=O)[C@H]1[C@H](c2ccccc2)[C@@]2(c3ccc(OC)cc3)Oc3cc(OC)cc(OC)c3[C@]1(O)[C@H]2O. The molecule has 3 aromatic carbocycles. The number of fused-ring (bicyclic) bond motifs is 4. The zero-order chi connectivity index (χ0) is 32.8. The molecule has 3 aromatic rings. The number of ether oxygens (including phenoxy) is 4. The van der Waals surface area contributed by atoms with Gasteiger partial charge >= 0.3 is 0 Å². The van der Waals surface area contributed by atoms with Crippen LogP contribution in [0.15, 0.2) is 78.4 Å². The minimum Gasteiger partial charge on any atom is -0.497 e. The third-order valence-electron chi connectivity index (χ3n) is 9.86. The molecule has 0 radical (unpaired) electrons. The van der Waals surface area contributed by atoms with E-state index >= 15 is 4.79 Å². The molecular formula is C36H40N2O8. The maximum absolute atomic E-state index is 15.1. The highest BCUT2D eigenvalue weighted by molar-refractivity contribution is 5.93. The highest BCUT2D eigenvalue weighted by Crippen LogP contribution is 2.68. The zero-order valence-electron chi connectivity index (χ0n) is 26.7. The predicted molar refractivity (Wildman–Crippen MR) is 170 cm³/mol. The Bertz CT molecular complexity index is 1660. The van der Waals surface area contributed by atoms with Crippen molar-refractivity contribution in [2.24, 2.45) is 5.92 Å². The van der Waals surface area contributed by atoms with Crippen LogP contribution in [0.4, 0.5) is 0 Å². The lowest BCUT2D eigenvalue weighted by Gasteiger charge is -2.45. The van der Waals surface area contributed by atoms with Gasteiger partial charge in [0, 0.05) is 30.2 Å². The lowest BCUT2D eigenvalue weighted by Crippen LogP contribution is -2.56. The van der Waals surface area contributed by atoms with E-state index in [1.807, 2.05) is 30.3 Å². The summed E-state index contributed by atoms with van der Waals surface area (Å²) in [6, 6.07) is 19.6. The van der Waals surface area contributed by atoms with Gasteiger partial charge in [0.05, 0.1) is 32.8 Å². The van der Waals surface area contributed by atoms with E-state index in [2.05, 4.69) is 5.32 Å². The summed E-state index contributed by atoms with van der Waals surface area (Å²) in [5.74, 6) is -1.37. The summed E-state index contributed by atoms with van der Waals surface area (Å²) in [5, 5.41) is 28.7. The number of benzene rings is 3. The quantitative estimate of drug-likeness (QED) is 0.320. The van der Waals surface area contributed by atoms with Gasteiger partial charge in [-0.25, -0.2) is 0 Å². The summed E-state index contributed by atoms with van der Waals surface area (Å²) < 4.78 is 23.6. The Morgan fingerprint density at radius 3 is 2.33 bits per heavy atom. The fourth-order valence-corrected chi connectivity index (χ4v) is 7.52. The maximum Gasteiger partial charge on any atom is 0.248 e. The maximum atomic E-state index is 15.1. The fourth-order valence-electron chi connectivity index (χ4n) is 7.52. The first-order valence-corrected chi connectivity index (χ1v) is 15.4. The summed E-state index contributed by atoms with van der Waals surface area (Å²) in [4.78, 5) is 29.7. The van der Waals surface area contributed by atoms with Crippen LogP contribution in [0.3, 0.4) is 0 Å². The Labute approximate surface area is 268 Å². The second kappa shape index (κ2) is 12.0. The van der Waals surface area contributed by atoms with Gasteiger partial charge in [-0.05, 0) is 49.9 Å². The molecule has 2 heterocycles. The molecule has 2 aliphatic heterocycles. The van der Waals surface area contributed by atoms with Gasteiger partial charge in [-0.1, -0.05) is 48.5 Å². The molecule has 2 fully saturated rings. The van der Waals surface area contributed by atoms with Crippen LogP contribution in [-0.4, -0.2) is 67.1 Å². The molecule has 10 nitrogen and oxygen atoms in total. The number of carbonyl (C=O) groups is 2. The first-order valence-electron chi connectivity index (χ1n) is 15.4. The topological polar surface area (TPSA) is 127 Å². The Morgan fingerprint density at radius 1 is 1.00 bits per heavy atom. The third-order valence-corrected chi connectivity index (χ3v) is 9.86. The molecule has 1 saturated heterocycles. The molecule has 0 unspecified atom stereocenters. The van der Waals surface area contributed by atoms with Crippen molar-refractivity contribution in [2.75, 3.05) is 27.9 Å². The molecule has 242 valence electrons. The van der Waals surface area contributed by atoms with Gasteiger partial charge in [0.15, 0.2) is 5.60 Å². The normalized spacial score (nSPS) is 28.2. The molecule has 3 aliphatic rings. The molecule has 1 saturated carbocycles. The number of nitrogens with one attached hydrogen (secondary N) is 1. The van der Waals surface area contributed by atoms with Crippen LogP contribution in [0.1, 0.15) is 49.3 Å². The van der Waals surface area contributed by atoms with Gasteiger partial charge < -0.3 is 39.4 Å². The van der Waals surface area contributed by atoms with Crippen molar-refractivity contribution in [3.63, 3.8) is 0 Å². The van der Waals surface area contributed by atoms with Gasteiger partial charge in [0.2, 0.25) is 11.8 Å². The molecule has 6 atom stereocenters. The summed E-state index contributed by atoms with van der Waals surface area (Å²) in [6.45, 7) is 3.87. The first-order chi connectivity index (χ1) is 22.1. The van der Waals surface area contributed by atoms with E-state index in [1.165, 1.54) is 14.2 Å². The van der Waals surface area contributed by atoms with Crippen LogP contribution in [0.2, 0.25) is 0 Å². The summed E-state index contributed by atoms with van der Waals surface area (Å²) in [7, 11) is 4.52. The monoisotopic (exact) mass is 628 g/mol. The smallest absolute Gasteiger partial charge is 0.248 e. The molecule has 3 N–H and O–H groups in total. The predicted octanol–water partition coefficient (Wildman–Crippen LogP) is 3.99. The van der Waals surface area contributed by atoms with Crippen molar-refractivity contribution < 1.29 is 38.7 Å². The zero-order valence-corrected chi connectivity index (χ0v) is 26.7. The molecule has 1 aliphatic carbocycles. The van der Waals surface area contributed by atoms with Crippen LogP contribution < -0.4 is 24.3 Å². The molecule has 0 spiro atoms. The van der Waals surface area contributed by atoms with Crippen LogP contribution in [-0.2, 0) is 20.8 Å². The number of carbonyl (C=O) groups excluding carboxylic acids is 2. The second-order valence-corrected chi connectivity index (χ2v) is 12.1. The molecular weight excluding hydrogens is 588 g/mol. The van der Waals surface area contributed by atoms with E-state index < -0.39 is 41.2 Å². The Kier molecular flexibility index (Phi) is 8.20. The highest BCUT2D eigenvalue weighted by atomic mass is 16.5. The minimum absolute atomic E-state index is 0.161. The number of hydrogen-bond donors (Lipinski definition) is 3. The van der Waals surface area contributed by atoms with E-state index in [-0.39, 0.29) is 23.0 Å². The van der Waals surface area contributed by atoms with Crippen molar-refractivity contribution in [1.82, 2.24) is 10.2 Å². The Hall–Kier alpha value is -4.54. The molecule has 0 aromatic heterocycles. The minimum atomic E-state index is -2.18. The van der Waals surface area contributed by atoms with E-state index in [0.29, 0.717) is 47.6 Å². The molecule has 10 heteroatoms. The lowest BCUT2D eigenvalue weighted by atomic mass is 9.75. The summed E-state index contributed by atoms with van der Waals surface area (Å²) in [6.07, 6.45) is 0.710. The van der Waals surface area contributed by atoms with E-state index in [0.717, 1.165) is 0 Å². The van der Waals surface area contributed by atoms with Crippen molar-refractivity contribution in [2.45, 2.75) is 56.1 Å². The van der Waals surface area contributed by atoms with Gasteiger partial charge in [0.1, 0.15) is 40.9 Å². The van der Waals surface area contributed by atoms with E-state index in [9.17, 15) is 15.0 Å². The largest absolute Gasteiger partial charge is 0.497 e. The second-order valence-electron chi connectivity index (χ2n) is 12.1. The Morgan fingerprint density at radius 2 is 1.70 bits per heavy atom. The highest BCUT2D eigenvalue weighted by Gasteiger charge is 2.76. The number of aliphatic hydroxyl groups excluding tert-OH is 1. The number of hydrogen-bond acceptors (Lipinski definition) is 8. The van der Waals surface area contributed by atoms with Crippen molar-refractivity contribution in [3.8, 4) is 23.0 Å². The number of aliphatic hydroxyl groups is 2. The molecule has 46 heavy (non-hydrogen) atoms.